The second-order valence-corrected chi connectivity index (χ2v) is 7.99. The van der Waals surface area contributed by atoms with Crippen LogP contribution in [0.5, 0.6) is 0 Å². The number of amides is 1. The second kappa shape index (κ2) is 5.31. The topological polar surface area (TPSA) is 41.5 Å². The molecule has 3 atom stereocenters. The third-order valence-corrected chi connectivity index (χ3v) is 7.20. The lowest BCUT2D eigenvalue weighted by Gasteiger charge is -2.39. The average Bonchev–Trinajstić information content (AvgIpc) is 3.13. The van der Waals surface area contributed by atoms with E-state index in [1.807, 2.05) is 18.0 Å². The van der Waals surface area contributed by atoms with Crippen LogP contribution in [0.4, 0.5) is 0 Å². The molecule has 2 heterocycles. The number of thioether (sulfide) groups is 1. The molecule has 21 heavy (non-hydrogen) atoms. The number of nitrogens with zero attached hydrogens (tertiary/aromatic N) is 1. The number of hydrogen-bond acceptors (Lipinski definition) is 3. The van der Waals surface area contributed by atoms with Crippen molar-refractivity contribution in [3.05, 3.63) is 23.9 Å². The molecular weight excluding hydrogens is 280 g/mol. The normalized spacial score (nSPS) is 38.0. The predicted molar refractivity (Wildman–Crippen MR) is 87.5 cm³/mol. The number of carbonyl (C=O) groups is 1. The molecule has 3 unspecified atom stereocenters. The van der Waals surface area contributed by atoms with Crippen LogP contribution in [-0.4, -0.2) is 28.7 Å². The molecule has 2 fully saturated rings. The van der Waals surface area contributed by atoms with Gasteiger partial charge in [-0.05, 0) is 37.7 Å². The minimum Gasteiger partial charge on any atom is -0.353 e. The Hall–Kier alpha value is -1.03. The molecule has 4 aliphatic rings. The Morgan fingerprint density at radius 3 is 3.10 bits per heavy atom. The summed E-state index contributed by atoms with van der Waals surface area (Å²) >= 11 is 1.96. The van der Waals surface area contributed by atoms with Crippen molar-refractivity contribution in [1.29, 1.82) is 0 Å². The van der Waals surface area contributed by atoms with Crippen LogP contribution in [0.25, 0.3) is 0 Å². The van der Waals surface area contributed by atoms with Crippen molar-refractivity contribution in [3.63, 3.8) is 0 Å². The highest BCUT2D eigenvalue weighted by Crippen LogP contribution is 2.57. The van der Waals surface area contributed by atoms with Gasteiger partial charge in [-0.3, -0.25) is 9.79 Å². The van der Waals surface area contributed by atoms with Gasteiger partial charge in [0, 0.05) is 18.0 Å². The Morgan fingerprint density at radius 2 is 2.24 bits per heavy atom. The molecule has 3 nitrogen and oxygen atoms in total. The van der Waals surface area contributed by atoms with Gasteiger partial charge >= 0.3 is 0 Å². The average molecular weight is 302 g/mol. The van der Waals surface area contributed by atoms with E-state index in [4.69, 9.17) is 0 Å². The lowest BCUT2D eigenvalue weighted by Crippen LogP contribution is -2.45. The Balaban J connectivity index is 1.53. The van der Waals surface area contributed by atoms with E-state index in [9.17, 15) is 4.79 Å². The summed E-state index contributed by atoms with van der Waals surface area (Å²) in [6, 6.07) is 0.428. The van der Waals surface area contributed by atoms with E-state index in [1.54, 1.807) is 0 Å². The SMILES string of the molecule is O=C(NC1CCCC1)C1CSC23CC=CC=C2N=CCC13. The highest BCUT2D eigenvalue weighted by Gasteiger charge is 2.54. The first-order valence-corrected chi connectivity index (χ1v) is 9.12. The number of aliphatic imine (C=N–C) groups is 1. The fourth-order valence-electron chi connectivity index (χ4n) is 4.32. The van der Waals surface area contributed by atoms with E-state index >= 15 is 0 Å². The zero-order valence-electron chi connectivity index (χ0n) is 12.3. The quantitative estimate of drug-likeness (QED) is 0.851. The molecule has 4 rings (SSSR count). The van der Waals surface area contributed by atoms with Crippen molar-refractivity contribution in [1.82, 2.24) is 5.32 Å². The molecule has 0 aromatic carbocycles. The van der Waals surface area contributed by atoms with E-state index in [1.165, 1.54) is 18.5 Å². The molecule has 112 valence electrons. The number of hydrogen-bond donors (Lipinski definition) is 1. The zero-order chi connectivity index (χ0) is 14.3. The summed E-state index contributed by atoms with van der Waals surface area (Å²) in [6.45, 7) is 0. The van der Waals surface area contributed by atoms with E-state index in [0.29, 0.717) is 17.9 Å². The molecule has 2 aliphatic heterocycles. The van der Waals surface area contributed by atoms with Crippen molar-refractivity contribution in [2.45, 2.75) is 49.3 Å². The van der Waals surface area contributed by atoms with E-state index in [0.717, 1.165) is 31.4 Å². The minimum atomic E-state index is 0.0706. The van der Waals surface area contributed by atoms with E-state index in [-0.39, 0.29) is 10.7 Å². The van der Waals surface area contributed by atoms with Crippen LogP contribution in [0.1, 0.15) is 38.5 Å². The van der Waals surface area contributed by atoms with Crippen molar-refractivity contribution < 1.29 is 4.79 Å². The Labute approximate surface area is 130 Å². The predicted octanol–water partition coefficient (Wildman–Crippen LogP) is 3.08. The first kappa shape index (κ1) is 13.6. The molecule has 0 bridgehead atoms. The molecule has 0 radical (unpaired) electrons. The summed E-state index contributed by atoms with van der Waals surface area (Å²) in [5, 5.41) is 3.31. The van der Waals surface area contributed by atoms with Gasteiger partial charge < -0.3 is 5.32 Å². The lowest BCUT2D eigenvalue weighted by molar-refractivity contribution is -0.126. The minimum absolute atomic E-state index is 0.0706. The number of carbonyl (C=O) groups excluding carboxylic acids is 1. The summed E-state index contributed by atoms with van der Waals surface area (Å²) in [5.41, 5.74) is 1.18. The molecule has 1 saturated heterocycles. The second-order valence-electron chi connectivity index (χ2n) is 6.64. The fraction of sp³-hybridized carbons (Fsp3) is 0.647. The van der Waals surface area contributed by atoms with Crippen molar-refractivity contribution in [2.75, 3.05) is 5.75 Å². The molecule has 0 aromatic heterocycles. The van der Waals surface area contributed by atoms with E-state index < -0.39 is 0 Å². The van der Waals surface area contributed by atoms with Crippen molar-refractivity contribution in [3.8, 4) is 0 Å². The van der Waals surface area contributed by atoms with Crippen LogP contribution >= 0.6 is 11.8 Å². The fourth-order valence-corrected chi connectivity index (χ4v) is 6.14. The maximum Gasteiger partial charge on any atom is 0.224 e. The molecule has 1 saturated carbocycles. The Kier molecular flexibility index (Phi) is 3.44. The molecule has 0 aromatic rings. The lowest BCUT2D eigenvalue weighted by atomic mass is 9.73. The zero-order valence-corrected chi connectivity index (χ0v) is 13.1. The summed E-state index contributed by atoms with van der Waals surface area (Å²) < 4.78 is 0.0706. The van der Waals surface area contributed by atoms with Gasteiger partial charge in [-0.15, -0.1) is 11.8 Å². The van der Waals surface area contributed by atoms with Crippen LogP contribution in [0, 0.1) is 11.8 Å². The Bertz CT molecular complexity index is 533. The van der Waals surface area contributed by atoms with Gasteiger partial charge in [0.15, 0.2) is 0 Å². The summed E-state index contributed by atoms with van der Waals surface area (Å²) in [7, 11) is 0. The van der Waals surface area contributed by atoms with Gasteiger partial charge in [0.05, 0.1) is 16.4 Å². The molecule has 4 heteroatoms. The van der Waals surface area contributed by atoms with Gasteiger partial charge in [0.25, 0.3) is 0 Å². The largest absolute Gasteiger partial charge is 0.353 e. The van der Waals surface area contributed by atoms with Crippen LogP contribution in [0.2, 0.25) is 0 Å². The number of rotatable bonds is 2. The molecular formula is C17H22N2OS. The maximum atomic E-state index is 12.7. The van der Waals surface area contributed by atoms with Crippen LogP contribution in [0.15, 0.2) is 28.9 Å². The standard InChI is InChI=1S/C17H22N2OS/c20-16(19-12-5-1-2-6-12)13-11-21-17-9-4-3-7-15(17)18-10-8-14(13)17/h3-4,7,10,12-14H,1-2,5-6,8-9,11H2,(H,19,20). The van der Waals surface area contributed by atoms with Crippen LogP contribution in [0.3, 0.4) is 0 Å². The number of allylic oxidation sites excluding steroid dienone is 3. The first-order valence-electron chi connectivity index (χ1n) is 8.14. The monoisotopic (exact) mass is 302 g/mol. The number of nitrogens with one attached hydrogen (secondary N) is 1. The Morgan fingerprint density at radius 1 is 1.38 bits per heavy atom. The third-order valence-electron chi connectivity index (χ3n) is 5.48. The van der Waals surface area contributed by atoms with Crippen molar-refractivity contribution >= 4 is 23.9 Å². The first-order chi connectivity index (χ1) is 10.3. The van der Waals surface area contributed by atoms with Gasteiger partial charge in [0.2, 0.25) is 5.91 Å². The van der Waals surface area contributed by atoms with Gasteiger partial charge in [-0.2, -0.15) is 0 Å². The maximum absolute atomic E-state index is 12.7. The van der Waals surface area contributed by atoms with E-state index in [2.05, 4.69) is 28.5 Å². The van der Waals surface area contributed by atoms with Crippen molar-refractivity contribution in [2.24, 2.45) is 16.8 Å². The molecule has 2 aliphatic carbocycles. The van der Waals surface area contributed by atoms with Gasteiger partial charge in [-0.25, -0.2) is 0 Å². The summed E-state index contributed by atoms with van der Waals surface area (Å²) in [6.07, 6.45) is 15.3. The molecule has 1 spiro atoms. The van der Waals surface area contributed by atoms with Crippen LogP contribution < -0.4 is 5.32 Å². The van der Waals surface area contributed by atoms with Gasteiger partial charge in [0.1, 0.15) is 0 Å². The highest BCUT2D eigenvalue weighted by atomic mass is 32.2. The van der Waals surface area contributed by atoms with Gasteiger partial charge in [-0.1, -0.05) is 25.0 Å². The third kappa shape index (κ3) is 2.19. The molecule has 1 N–H and O–H groups in total. The molecule has 1 amide bonds. The van der Waals surface area contributed by atoms with Crippen LogP contribution in [-0.2, 0) is 4.79 Å². The summed E-state index contributed by atoms with van der Waals surface area (Å²) in [4.78, 5) is 17.3. The summed E-state index contributed by atoms with van der Waals surface area (Å²) in [5.74, 6) is 1.80. The smallest absolute Gasteiger partial charge is 0.224 e. The highest BCUT2D eigenvalue weighted by molar-refractivity contribution is 8.01.